The van der Waals surface area contributed by atoms with Crippen LogP contribution in [-0.2, 0) is 0 Å². The van der Waals surface area contributed by atoms with Crippen LogP contribution in [0.1, 0.15) is 6.92 Å². The minimum absolute atomic E-state index is 1.68. The van der Waals surface area contributed by atoms with Gasteiger partial charge in [0.1, 0.15) is 0 Å². The molecule has 0 aromatic rings. The molecule has 0 spiro atoms. The zero-order valence-corrected chi connectivity index (χ0v) is 55.1. The van der Waals surface area contributed by atoms with Crippen molar-refractivity contribution in [2.75, 3.05) is 0 Å². The van der Waals surface area contributed by atoms with Gasteiger partial charge in [0.2, 0.25) is 0 Å². The lowest BCUT2D eigenvalue weighted by atomic mass is 10.4. The van der Waals surface area contributed by atoms with Crippen molar-refractivity contribution in [3.63, 3.8) is 0 Å². The van der Waals surface area contributed by atoms with Crippen molar-refractivity contribution < 1.29 is 0 Å². The van der Waals surface area contributed by atoms with Crippen LogP contribution in [-0.4, -0.2) is 0 Å². The molecule has 0 heteroatoms. The summed E-state index contributed by atoms with van der Waals surface area (Å²) in [6.07, 6.45) is 4.95. The Morgan fingerprint density at radius 3 is 0.165 bits per heavy atom. The highest BCUT2D eigenvalue weighted by Gasteiger charge is 1.68. The summed E-state index contributed by atoms with van der Waals surface area (Å²) in [5.41, 5.74) is 0. The quantitative estimate of drug-likeness (QED) is 0.316. The highest BCUT2D eigenvalue weighted by atomic mass is 13.7. The summed E-state index contributed by atoms with van der Waals surface area (Å²) in [5, 5.41) is 0. The summed E-state index contributed by atoms with van der Waals surface area (Å²) >= 11 is 0. The van der Waals surface area contributed by atoms with Gasteiger partial charge in [-0.05, 0) is 102 Å². The normalized spacial score (nSPS) is 3.96. The van der Waals surface area contributed by atoms with Crippen molar-refractivity contribution in [1.82, 2.24) is 0 Å². The molecule has 0 amide bonds. The van der Waals surface area contributed by atoms with E-state index in [1.807, 2.05) is 0 Å². The Balaban J connectivity index is 4.64. The molecular formula is C109H4. The molecule has 0 aliphatic rings. The molecule has 109 heavy (non-hydrogen) atoms. The first-order chi connectivity index (χ1) is 54.4. The third-order valence-corrected chi connectivity index (χ3v) is 6.70. The smallest absolute Gasteiger partial charge is 0 e. The maximum atomic E-state index is 4.95. The largest absolute Gasteiger partial charge is 0.106 e. The van der Waals surface area contributed by atoms with Crippen LogP contribution in [0.15, 0.2) is 0 Å². The molecule has 0 aliphatic heterocycles. The number of rotatable bonds is 0. The molecule has 0 fully saturated rings. The second kappa shape index (κ2) is 84.2. The third kappa shape index (κ3) is 84.2. The molecule has 0 bridgehead atoms. The van der Waals surface area contributed by atoms with Crippen molar-refractivity contribution in [2.45, 2.75) is 6.92 Å². The van der Waals surface area contributed by atoms with Crippen LogP contribution in [0.5, 0.6) is 0 Å². The molecule has 0 atom stereocenters. The summed E-state index contributed by atoms with van der Waals surface area (Å²) < 4.78 is 0. The zero-order chi connectivity index (χ0) is 77.7. The highest BCUT2D eigenvalue weighted by Crippen LogP contribution is 1.68. The molecule has 0 aromatic heterocycles. The van der Waals surface area contributed by atoms with E-state index in [1.54, 1.807) is 6.92 Å². The zero-order valence-electron chi connectivity index (χ0n) is 55.1. The van der Waals surface area contributed by atoms with Gasteiger partial charge in [0.15, 0.2) is 0 Å². The van der Waals surface area contributed by atoms with E-state index in [9.17, 15) is 0 Å². The van der Waals surface area contributed by atoms with Crippen molar-refractivity contribution in [1.29, 1.82) is 0 Å². The molecule has 0 saturated heterocycles. The first kappa shape index (κ1) is 85.2. The van der Waals surface area contributed by atoms with E-state index in [4.69, 9.17) is 6.42 Å². The van der Waals surface area contributed by atoms with E-state index < -0.39 is 0 Å². The fourth-order valence-electron chi connectivity index (χ4n) is 3.32. The van der Waals surface area contributed by atoms with Gasteiger partial charge in [-0.15, -0.1) is 6.42 Å². The van der Waals surface area contributed by atoms with Crippen LogP contribution in [0.3, 0.4) is 0 Å². The van der Waals surface area contributed by atoms with Crippen molar-refractivity contribution >= 4 is 0 Å². The van der Waals surface area contributed by atoms with E-state index in [1.165, 1.54) is 0 Å². The predicted molar refractivity (Wildman–Crippen MR) is 427 cm³/mol. The standard InChI is InChI=1S/C109H4/c1-3-5-7-9-11-13-15-17-19-21-23-25-27-29-31-33-35-37-39-41-43-45-47-49-51-53-55-57-59-61-63-65-67-69-71-73-75-77-79-81-83-85-87-89-91-93-95-97-99-101-103-105-107-109-108-106-104-102-100-98-96-94-92-90-88-86-84-82-80-78-76-74-72-70-68-66-64-62-60-58-56-54-52-50-48-46-44-42-40-38-36-34-32-30-28-26-24-22-20-18-16-14-12-10-8-6-4-2/h1H,2H3. The van der Waals surface area contributed by atoms with Crippen LogP contribution >= 0.6 is 0 Å². The molecular weight excluding hydrogens is 1310 g/mol. The number of terminal acetylenes is 1. The first-order valence-electron chi connectivity index (χ1n) is 27.3. The lowest BCUT2D eigenvalue weighted by Crippen LogP contribution is -1.57. The highest BCUT2D eigenvalue weighted by molar-refractivity contribution is 5.57. The fourth-order valence-corrected chi connectivity index (χ4v) is 3.32. The molecule has 0 unspecified atom stereocenters. The minimum atomic E-state index is 1.68. The van der Waals surface area contributed by atoms with E-state index in [0.717, 1.165) is 0 Å². The second-order valence-electron chi connectivity index (χ2n) is 13.5. The molecule has 0 N–H and O–H groups in total. The Morgan fingerprint density at radius 1 is 0.0734 bits per heavy atom. The Kier molecular flexibility index (Phi) is 65.9. The van der Waals surface area contributed by atoms with E-state index >= 15 is 0 Å². The average molecular weight is 1310 g/mol. The molecule has 0 saturated carbocycles. The molecule has 440 valence electrons. The van der Waals surface area contributed by atoms with Crippen LogP contribution in [0.2, 0.25) is 0 Å². The second-order valence-corrected chi connectivity index (χ2v) is 13.5. The molecule has 0 aliphatic carbocycles. The summed E-state index contributed by atoms with van der Waals surface area (Å²) in [4.78, 5) is 0. The monoisotopic (exact) mass is 1310 g/mol. The van der Waals surface area contributed by atoms with Gasteiger partial charge in [0.25, 0.3) is 0 Å². The van der Waals surface area contributed by atoms with Gasteiger partial charge in [-0.1, -0.05) is 5.92 Å². The predicted octanol–water partition coefficient (Wildman–Crippen LogP) is 0.820. The van der Waals surface area contributed by atoms with Gasteiger partial charge in [-0.3, -0.25) is 0 Å². The van der Waals surface area contributed by atoms with Gasteiger partial charge in [0.05, 0.1) is 0 Å². The van der Waals surface area contributed by atoms with Crippen LogP contribution in [0.4, 0.5) is 0 Å². The van der Waals surface area contributed by atoms with E-state index in [0.29, 0.717) is 0 Å². The van der Waals surface area contributed by atoms with Gasteiger partial charge in [-0.25, -0.2) is 0 Å². The number of hydrogen-bond acceptors (Lipinski definition) is 0. The van der Waals surface area contributed by atoms with Gasteiger partial charge in [-0.2, -0.15) is 0 Å². The molecule has 0 heterocycles. The maximum Gasteiger partial charge on any atom is 0 e. The summed E-state index contributed by atoms with van der Waals surface area (Å²) in [6.45, 7) is 1.68. The average Bonchev–Trinajstić information content (AvgIpc) is 3.88. The Bertz CT molecular complexity index is 7730. The summed E-state index contributed by atoms with van der Waals surface area (Å²) in [6, 6.07) is 0. The van der Waals surface area contributed by atoms with Gasteiger partial charge >= 0.3 is 0 Å². The third-order valence-electron chi connectivity index (χ3n) is 6.70. The molecule has 0 aromatic carbocycles. The van der Waals surface area contributed by atoms with Crippen molar-refractivity contribution in [2.24, 2.45) is 0 Å². The molecule has 0 nitrogen and oxygen atoms in total. The Hall–Kier alpha value is -23.8. The lowest BCUT2D eigenvalue weighted by molar-refractivity contribution is 1.92. The van der Waals surface area contributed by atoms with Gasteiger partial charge < -0.3 is 0 Å². The SMILES string of the molecule is C#CC#CC#CC#CC#CC#CC#CC#CC#CC#CC#CC#CC#CC#CC#CC#CC#CC#CC#CC#CC#CC#CC#CC#CC#CC#CC#CC#CC#CC#CC#CC#CC#CC#CC#CC#CC#CC#CC#CC#CC#CC#CC#CC#CC#CC#CC#CC#CC#CC#CC#CC#CC#CC#CC. The van der Waals surface area contributed by atoms with Crippen LogP contribution in [0, 0.1) is 640 Å². The first-order valence-corrected chi connectivity index (χ1v) is 27.3. The van der Waals surface area contributed by atoms with E-state index in [2.05, 4.69) is 633 Å². The van der Waals surface area contributed by atoms with Gasteiger partial charge in [0, 0.05) is 533 Å². The molecule has 0 rings (SSSR count). The minimum Gasteiger partial charge on any atom is -0.106 e. The van der Waals surface area contributed by atoms with E-state index in [-0.39, 0.29) is 0 Å². The van der Waals surface area contributed by atoms with Crippen molar-refractivity contribution in [3.8, 4) is 640 Å². The summed E-state index contributed by atoms with van der Waals surface area (Å²) in [7, 11) is 0. The Labute approximate surface area is 642 Å². The maximum absolute atomic E-state index is 4.95. The number of hydrogen-bond donors (Lipinski definition) is 0. The van der Waals surface area contributed by atoms with Crippen LogP contribution in [0.25, 0.3) is 0 Å². The topological polar surface area (TPSA) is 0 Å². The van der Waals surface area contributed by atoms with Crippen molar-refractivity contribution in [3.05, 3.63) is 0 Å². The Morgan fingerprint density at radius 2 is 0.119 bits per heavy atom. The molecule has 0 radical (unpaired) electrons. The fraction of sp³-hybridized carbons (Fsp3) is 0.00917. The van der Waals surface area contributed by atoms with Crippen LogP contribution < -0.4 is 0 Å². The lowest BCUT2D eigenvalue weighted by Gasteiger charge is -1.58. The summed E-state index contributed by atoms with van der Waals surface area (Å²) in [5.74, 6) is 267.